The van der Waals surface area contributed by atoms with Crippen molar-refractivity contribution in [2.45, 2.75) is 44.3 Å². The number of hydrogen-bond acceptors (Lipinski definition) is 4. The van der Waals surface area contributed by atoms with Gasteiger partial charge in [0.25, 0.3) is 0 Å². The Morgan fingerprint density at radius 2 is 1.72 bits per heavy atom. The van der Waals surface area contributed by atoms with Gasteiger partial charge in [0.05, 0.1) is 0 Å². The lowest BCUT2D eigenvalue weighted by Gasteiger charge is -2.23. The van der Waals surface area contributed by atoms with Crippen LogP contribution in [0.1, 0.15) is 30.4 Å². The molecule has 0 radical (unpaired) electrons. The van der Waals surface area contributed by atoms with Crippen LogP contribution in [0.5, 0.6) is 5.75 Å². The van der Waals surface area contributed by atoms with Crippen LogP contribution in [0.4, 0.5) is 0 Å². The first-order valence-electron chi connectivity index (χ1n) is 11.0. The Kier molecular flexibility index (Phi) is 6.71. The van der Waals surface area contributed by atoms with Crippen LogP contribution in [-0.4, -0.2) is 45.6 Å². The molecule has 0 aromatic heterocycles. The Balaban J connectivity index is 1.36. The highest BCUT2D eigenvalue weighted by molar-refractivity contribution is 5.86. The number of hydrogen-bond donors (Lipinski definition) is 3. The number of aliphatic carboxylic acids is 1. The monoisotopic (exact) mass is 432 g/mol. The maximum atomic E-state index is 12.6. The maximum Gasteiger partial charge on any atom is 0.326 e. The second-order valence-corrected chi connectivity index (χ2v) is 8.42. The van der Waals surface area contributed by atoms with Gasteiger partial charge in [-0.3, -0.25) is 9.69 Å². The molecule has 166 valence electrons. The van der Waals surface area contributed by atoms with E-state index in [9.17, 15) is 19.8 Å². The smallest absolute Gasteiger partial charge is 0.326 e. The molecule has 1 aliphatic carbocycles. The van der Waals surface area contributed by atoms with Gasteiger partial charge in [0.15, 0.2) is 0 Å². The van der Waals surface area contributed by atoms with E-state index >= 15 is 0 Å². The molecule has 0 spiro atoms. The molecule has 1 saturated carbocycles. The molecule has 1 aliphatic rings. The second-order valence-electron chi connectivity index (χ2n) is 8.42. The Morgan fingerprint density at radius 1 is 1.00 bits per heavy atom. The minimum absolute atomic E-state index is 0.121. The number of carboxylic acid groups (broad SMARTS) is 1. The molecular weight excluding hydrogens is 404 g/mol. The molecule has 3 aromatic carbocycles. The number of nitrogens with zero attached hydrogens (tertiary/aromatic N) is 1. The van der Waals surface area contributed by atoms with E-state index in [1.807, 2.05) is 12.1 Å². The number of nitrogens with one attached hydrogen (secondary N) is 1. The van der Waals surface area contributed by atoms with Crippen LogP contribution in [-0.2, 0) is 22.6 Å². The highest BCUT2D eigenvalue weighted by atomic mass is 16.4. The third-order valence-corrected chi connectivity index (χ3v) is 5.95. The summed E-state index contributed by atoms with van der Waals surface area (Å²) in [5.41, 5.74) is 1.98. The predicted molar refractivity (Wildman–Crippen MR) is 123 cm³/mol. The third-order valence-electron chi connectivity index (χ3n) is 5.95. The molecule has 1 unspecified atom stereocenters. The van der Waals surface area contributed by atoms with E-state index in [4.69, 9.17) is 0 Å². The quantitative estimate of drug-likeness (QED) is 0.454. The Labute approximate surface area is 187 Å². The average molecular weight is 433 g/mol. The zero-order valence-electron chi connectivity index (χ0n) is 17.9. The normalized spacial score (nSPS) is 14.4. The maximum absolute atomic E-state index is 12.6. The van der Waals surface area contributed by atoms with E-state index in [0.29, 0.717) is 12.6 Å². The van der Waals surface area contributed by atoms with Gasteiger partial charge in [0.2, 0.25) is 5.91 Å². The van der Waals surface area contributed by atoms with Crippen LogP contribution in [0.25, 0.3) is 10.8 Å². The molecule has 4 rings (SSSR count). The van der Waals surface area contributed by atoms with Gasteiger partial charge in [-0.05, 0) is 46.9 Å². The van der Waals surface area contributed by atoms with Gasteiger partial charge in [-0.15, -0.1) is 0 Å². The molecule has 3 aromatic rings. The van der Waals surface area contributed by atoms with Gasteiger partial charge in [0.1, 0.15) is 11.8 Å². The number of amides is 1. The van der Waals surface area contributed by atoms with Crippen molar-refractivity contribution in [1.82, 2.24) is 10.2 Å². The van der Waals surface area contributed by atoms with Gasteiger partial charge in [-0.2, -0.15) is 0 Å². The highest BCUT2D eigenvalue weighted by Crippen LogP contribution is 2.30. The molecule has 0 bridgehead atoms. The first kappa shape index (κ1) is 21.8. The Hall–Kier alpha value is -3.38. The number of carboxylic acids is 1. The largest absolute Gasteiger partial charge is 0.508 e. The van der Waals surface area contributed by atoms with Gasteiger partial charge < -0.3 is 15.5 Å². The number of phenolic OH excluding ortho intramolecular Hbond substituents is 1. The van der Waals surface area contributed by atoms with Crippen molar-refractivity contribution in [3.63, 3.8) is 0 Å². The summed E-state index contributed by atoms with van der Waals surface area (Å²) in [4.78, 5) is 26.6. The SMILES string of the molecule is O=C(CCN(Cc1cccc2ccccc12)C1CC1)NC(Cc1ccc(O)cc1)C(=O)O. The summed E-state index contributed by atoms with van der Waals surface area (Å²) in [7, 11) is 0. The molecule has 1 fully saturated rings. The molecule has 6 heteroatoms. The number of carbonyl (C=O) groups excluding carboxylic acids is 1. The summed E-state index contributed by atoms with van der Waals surface area (Å²) in [6.07, 6.45) is 2.68. The number of fused-ring (bicyclic) bond motifs is 1. The summed E-state index contributed by atoms with van der Waals surface area (Å²) >= 11 is 0. The van der Waals surface area contributed by atoms with Crippen molar-refractivity contribution >= 4 is 22.6 Å². The zero-order chi connectivity index (χ0) is 22.5. The van der Waals surface area contributed by atoms with Crippen molar-refractivity contribution in [2.75, 3.05) is 6.54 Å². The number of aromatic hydroxyl groups is 1. The van der Waals surface area contributed by atoms with Crippen LogP contribution in [0.2, 0.25) is 0 Å². The Morgan fingerprint density at radius 3 is 2.44 bits per heavy atom. The second kappa shape index (κ2) is 9.83. The lowest BCUT2D eigenvalue weighted by molar-refractivity contribution is -0.141. The molecule has 0 saturated heterocycles. The standard InChI is InChI=1S/C26H28N2O4/c29-22-12-8-18(9-13-22)16-24(26(31)32)27-25(30)14-15-28(21-10-11-21)17-20-6-3-5-19-4-1-2-7-23(19)20/h1-9,12-13,21,24,29H,10-11,14-17H2,(H,27,30)(H,31,32). The number of rotatable bonds is 10. The minimum Gasteiger partial charge on any atom is -0.508 e. The van der Waals surface area contributed by atoms with Crippen molar-refractivity contribution < 1.29 is 19.8 Å². The highest BCUT2D eigenvalue weighted by Gasteiger charge is 2.30. The predicted octanol–water partition coefficient (Wildman–Crippen LogP) is 3.71. The van der Waals surface area contributed by atoms with Crippen molar-refractivity contribution in [3.8, 4) is 5.75 Å². The summed E-state index contributed by atoms with van der Waals surface area (Å²) in [6.45, 7) is 1.36. The van der Waals surface area contributed by atoms with Crippen molar-refractivity contribution in [3.05, 3.63) is 77.9 Å². The van der Waals surface area contributed by atoms with Gasteiger partial charge >= 0.3 is 5.97 Å². The van der Waals surface area contributed by atoms with Crippen LogP contribution in [0.15, 0.2) is 66.7 Å². The molecule has 6 nitrogen and oxygen atoms in total. The fraction of sp³-hybridized carbons (Fsp3) is 0.308. The van der Waals surface area contributed by atoms with E-state index in [2.05, 4.69) is 40.5 Å². The van der Waals surface area contributed by atoms with E-state index in [-0.39, 0.29) is 24.5 Å². The Bertz CT molecular complexity index is 1090. The number of phenols is 1. The first-order valence-corrected chi connectivity index (χ1v) is 11.0. The van der Waals surface area contributed by atoms with Gasteiger partial charge in [-0.25, -0.2) is 4.79 Å². The van der Waals surface area contributed by atoms with Crippen LogP contribution >= 0.6 is 0 Å². The van der Waals surface area contributed by atoms with Gasteiger partial charge in [-0.1, -0.05) is 54.6 Å². The summed E-state index contributed by atoms with van der Waals surface area (Å²) in [5, 5.41) is 24.0. The lowest BCUT2D eigenvalue weighted by atomic mass is 10.0. The molecule has 1 amide bonds. The molecule has 3 N–H and O–H groups in total. The van der Waals surface area contributed by atoms with Crippen LogP contribution < -0.4 is 5.32 Å². The molecular formula is C26H28N2O4. The van der Waals surface area contributed by atoms with Crippen molar-refractivity contribution in [2.24, 2.45) is 0 Å². The van der Waals surface area contributed by atoms with Gasteiger partial charge in [0, 0.05) is 32.0 Å². The molecule has 0 heterocycles. The van der Waals surface area contributed by atoms with Crippen LogP contribution in [0.3, 0.4) is 0 Å². The summed E-state index contributed by atoms with van der Waals surface area (Å²) in [6, 6.07) is 20.4. The molecule has 32 heavy (non-hydrogen) atoms. The topological polar surface area (TPSA) is 89.9 Å². The summed E-state index contributed by atoms with van der Waals surface area (Å²) in [5.74, 6) is -1.21. The lowest BCUT2D eigenvalue weighted by Crippen LogP contribution is -2.43. The van der Waals surface area contributed by atoms with E-state index in [1.54, 1.807) is 12.1 Å². The summed E-state index contributed by atoms with van der Waals surface area (Å²) < 4.78 is 0. The van der Waals surface area contributed by atoms with Crippen molar-refractivity contribution in [1.29, 1.82) is 0 Å². The van der Waals surface area contributed by atoms with E-state index in [0.717, 1.165) is 24.9 Å². The molecule has 1 atom stereocenters. The number of benzene rings is 3. The minimum atomic E-state index is -1.07. The average Bonchev–Trinajstić information content (AvgIpc) is 3.63. The zero-order valence-corrected chi connectivity index (χ0v) is 17.9. The number of carbonyl (C=O) groups is 2. The van der Waals surface area contributed by atoms with E-state index < -0.39 is 12.0 Å². The fourth-order valence-corrected chi connectivity index (χ4v) is 4.06. The van der Waals surface area contributed by atoms with Crippen LogP contribution in [0, 0.1) is 0 Å². The third kappa shape index (κ3) is 5.65. The van der Waals surface area contributed by atoms with E-state index in [1.165, 1.54) is 28.5 Å². The first-order chi connectivity index (χ1) is 15.5. The fourth-order valence-electron chi connectivity index (χ4n) is 4.06. The molecule has 0 aliphatic heterocycles.